The summed E-state index contributed by atoms with van der Waals surface area (Å²) in [5, 5.41) is 0. The molecule has 1 fully saturated rings. The molecule has 2 atom stereocenters. The molecule has 3 nitrogen and oxygen atoms in total. The number of nitrogens with two attached hydrogens (primary N) is 1. The van der Waals surface area contributed by atoms with E-state index in [1.165, 1.54) is 12.8 Å². The minimum Gasteiger partial charge on any atom is -0.393 e. The Morgan fingerprint density at radius 2 is 2.25 bits per heavy atom. The summed E-state index contributed by atoms with van der Waals surface area (Å²) in [5.74, 6) is 0. The number of thiocarbonyl (C=S) groups is 1. The predicted octanol–water partition coefficient (Wildman–Crippen LogP) is 1.94. The predicted molar refractivity (Wildman–Crippen MR) is 71.7 cm³/mol. The van der Waals surface area contributed by atoms with Crippen molar-refractivity contribution in [2.45, 2.75) is 51.7 Å². The van der Waals surface area contributed by atoms with Crippen molar-refractivity contribution in [3.8, 4) is 0 Å². The van der Waals surface area contributed by atoms with Crippen LogP contribution >= 0.6 is 12.2 Å². The molecule has 1 aliphatic rings. The average molecular weight is 244 g/mol. The fraction of sp³-hybridized carbons (Fsp3) is 0.917. The molecule has 0 aromatic carbocycles. The smallest absolute Gasteiger partial charge is 0.0727 e. The van der Waals surface area contributed by atoms with Crippen molar-refractivity contribution < 1.29 is 4.74 Å². The summed E-state index contributed by atoms with van der Waals surface area (Å²) in [6.07, 6.45) is 4.71. The van der Waals surface area contributed by atoms with Crippen molar-refractivity contribution in [2.75, 3.05) is 19.7 Å². The third-order valence-corrected chi connectivity index (χ3v) is 3.38. The molecule has 2 unspecified atom stereocenters. The van der Waals surface area contributed by atoms with E-state index < -0.39 is 0 Å². The van der Waals surface area contributed by atoms with Gasteiger partial charge in [0.25, 0.3) is 0 Å². The van der Waals surface area contributed by atoms with Gasteiger partial charge in [-0.15, -0.1) is 0 Å². The van der Waals surface area contributed by atoms with Gasteiger partial charge in [0.05, 0.1) is 17.7 Å². The number of hydrogen-bond donors (Lipinski definition) is 1. The fourth-order valence-electron chi connectivity index (χ4n) is 2.18. The molecule has 0 bridgehead atoms. The van der Waals surface area contributed by atoms with E-state index in [1.54, 1.807) is 0 Å². The molecular formula is C12H24N2OS. The zero-order valence-corrected chi connectivity index (χ0v) is 11.3. The van der Waals surface area contributed by atoms with Crippen LogP contribution in [-0.4, -0.2) is 41.7 Å². The summed E-state index contributed by atoms with van der Waals surface area (Å²) >= 11 is 4.87. The largest absolute Gasteiger partial charge is 0.393 e. The Hall–Kier alpha value is -0.190. The van der Waals surface area contributed by atoms with Crippen LogP contribution in [0.4, 0.5) is 0 Å². The lowest BCUT2D eigenvalue weighted by molar-refractivity contribution is -0.0560. The summed E-state index contributed by atoms with van der Waals surface area (Å²) < 4.78 is 5.67. The molecule has 0 saturated carbocycles. The molecular weight excluding hydrogens is 220 g/mol. The van der Waals surface area contributed by atoms with Crippen LogP contribution in [0, 0.1) is 0 Å². The van der Waals surface area contributed by atoms with Crippen LogP contribution in [0.3, 0.4) is 0 Å². The van der Waals surface area contributed by atoms with Crippen molar-refractivity contribution in [1.82, 2.24) is 4.90 Å². The Morgan fingerprint density at radius 3 is 2.88 bits per heavy atom. The highest BCUT2D eigenvalue weighted by atomic mass is 32.1. The van der Waals surface area contributed by atoms with Crippen molar-refractivity contribution in [2.24, 2.45) is 5.73 Å². The highest BCUT2D eigenvalue weighted by Gasteiger charge is 2.24. The van der Waals surface area contributed by atoms with Gasteiger partial charge in [-0.2, -0.15) is 0 Å². The van der Waals surface area contributed by atoms with E-state index in [0.29, 0.717) is 17.1 Å². The molecule has 4 heteroatoms. The van der Waals surface area contributed by atoms with Crippen molar-refractivity contribution in [1.29, 1.82) is 0 Å². The molecule has 0 radical (unpaired) electrons. The lowest BCUT2D eigenvalue weighted by Gasteiger charge is -2.38. The molecule has 1 aliphatic heterocycles. The molecule has 2 N–H and O–H groups in total. The molecule has 0 aromatic rings. The van der Waals surface area contributed by atoms with Gasteiger partial charge in [-0.25, -0.2) is 0 Å². The van der Waals surface area contributed by atoms with Gasteiger partial charge >= 0.3 is 0 Å². The lowest BCUT2D eigenvalue weighted by atomic mass is 10.1. The third-order valence-electron chi connectivity index (χ3n) is 3.17. The van der Waals surface area contributed by atoms with E-state index in [2.05, 4.69) is 18.7 Å². The number of hydrogen-bond acceptors (Lipinski definition) is 3. The fourth-order valence-corrected chi connectivity index (χ4v) is 2.32. The second kappa shape index (κ2) is 7.20. The molecule has 1 heterocycles. The molecule has 1 rings (SSSR count). The van der Waals surface area contributed by atoms with E-state index in [1.807, 2.05) is 0 Å². The molecule has 0 spiro atoms. The second-order valence-corrected chi connectivity index (χ2v) is 5.15. The zero-order valence-electron chi connectivity index (χ0n) is 10.4. The number of ether oxygens (including phenoxy) is 1. The normalized spacial score (nSPS) is 26.9. The Kier molecular flexibility index (Phi) is 6.24. The Labute approximate surface area is 104 Å². The molecule has 16 heavy (non-hydrogen) atoms. The standard InChI is InChI=1S/C12H24N2OS/c1-3-11-9-15-10(2)8-14(11)7-5-4-6-12(13)16/h10-11H,3-9H2,1-2H3,(H2,13,16). The number of morpholine rings is 1. The quantitative estimate of drug-likeness (QED) is 0.572. The summed E-state index contributed by atoms with van der Waals surface area (Å²) in [7, 11) is 0. The Balaban J connectivity index is 2.23. The highest BCUT2D eigenvalue weighted by Crippen LogP contribution is 2.15. The topological polar surface area (TPSA) is 38.5 Å². The van der Waals surface area contributed by atoms with Gasteiger partial charge in [-0.1, -0.05) is 19.1 Å². The minimum absolute atomic E-state index is 0.374. The average Bonchev–Trinajstić information content (AvgIpc) is 2.24. The first kappa shape index (κ1) is 13.9. The Bertz CT molecular complexity index is 223. The summed E-state index contributed by atoms with van der Waals surface area (Å²) in [4.78, 5) is 3.19. The summed E-state index contributed by atoms with van der Waals surface area (Å²) in [6, 6.07) is 0.598. The minimum atomic E-state index is 0.374. The molecule has 0 amide bonds. The summed E-state index contributed by atoms with van der Waals surface area (Å²) in [5.41, 5.74) is 5.49. The van der Waals surface area contributed by atoms with Gasteiger partial charge in [0.2, 0.25) is 0 Å². The van der Waals surface area contributed by atoms with Crippen LogP contribution in [0.1, 0.15) is 39.5 Å². The van der Waals surface area contributed by atoms with Gasteiger partial charge in [0.1, 0.15) is 0 Å². The molecule has 1 saturated heterocycles. The van der Waals surface area contributed by atoms with E-state index in [0.717, 1.165) is 32.5 Å². The number of rotatable bonds is 6. The van der Waals surface area contributed by atoms with Crippen LogP contribution in [0.5, 0.6) is 0 Å². The molecule has 94 valence electrons. The van der Waals surface area contributed by atoms with E-state index in [-0.39, 0.29) is 0 Å². The van der Waals surface area contributed by atoms with Gasteiger partial charge in [-0.05, 0) is 39.2 Å². The van der Waals surface area contributed by atoms with Gasteiger partial charge < -0.3 is 10.5 Å². The number of unbranched alkanes of at least 4 members (excludes halogenated alkanes) is 1. The van der Waals surface area contributed by atoms with Gasteiger partial charge in [0, 0.05) is 12.6 Å². The highest BCUT2D eigenvalue weighted by molar-refractivity contribution is 7.80. The first-order chi connectivity index (χ1) is 7.63. The van der Waals surface area contributed by atoms with Crippen LogP contribution in [0.15, 0.2) is 0 Å². The molecule has 0 aromatic heterocycles. The van der Waals surface area contributed by atoms with Gasteiger partial charge in [-0.3, -0.25) is 4.90 Å². The lowest BCUT2D eigenvalue weighted by Crippen LogP contribution is -2.48. The van der Waals surface area contributed by atoms with Gasteiger partial charge in [0.15, 0.2) is 0 Å². The first-order valence-electron chi connectivity index (χ1n) is 6.27. The SMILES string of the molecule is CCC1COC(C)CN1CCCCC(N)=S. The van der Waals surface area contributed by atoms with Crippen LogP contribution < -0.4 is 5.73 Å². The van der Waals surface area contributed by atoms with E-state index in [4.69, 9.17) is 22.7 Å². The Morgan fingerprint density at radius 1 is 1.50 bits per heavy atom. The maximum Gasteiger partial charge on any atom is 0.0727 e. The third kappa shape index (κ3) is 4.76. The first-order valence-corrected chi connectivity index (χ1v) is 6.68. The maximum atomic E-state index is 5.67. The van der Waals surface area contributed by atoms with Crippen molar-refractivity contribution in [3.05, 3.63) is 0 Å². The van der Waals surface area contributed by atoms with Crippen LogP contribution in [0.2, 0.25) is 0 Å². The van der Waals surface area contributed by atoms with Crippen molar-refractivity contribution >= 4 is 17.2 Å². The van der Waals surface area contributed by atoms with Crippen LogP contribution in [-0.2, 0) is 4.74 Å². The summed E-state index contributed by atoms with van der Waals surface area (Å²) in [6.45, 7) is 7.47. The maximum absolute atomic E-state index is 5.67. The second-order valence-electron chi connectivity index (χ2n) is 4.62. The zero-order chi connectivity index (χ0) is 12.0. The van der Waals surface area contributed by atoms with Crippen LogP contribution in [0.25, 0.3) is 0 Å². The number of nitrogens with zero attached hydrogens (tertiary/aromatic N) is 1. The van der Waals surface area contributed by atoms with Crippen molar-refractivity contribution in [3.63, 3.8) is 0 Å². The van der Waals surface area contributed by atoms with E-state index in [9.17, 15) is 0 Å². The monoisotopic (exact) mass is 244 g/mol. The molecule has 0 aliphatic carbocycles. The van der Waals surface area contributed by atoms with E-state index >= 15 is 0 Å².